The Labute approximate surface area is 165 Å². The smallest absolute Gasteiger partial charge is 0.240 e. The van der Waals surface area contributed by atoms with Gasteiger partial charge in [-0.15, -0.1) is 0 Å². The van der Waals surface area contributed by atoms with Gasteiger partial charge < -0.3 is 0 Å². The van der Waals surface area contributed by atoms with Crippen LogP contribution in [0.3, 0.4) is 0 Å². The van der Waals surface area contributed by atoms with E-state index in [0.29, 0.717) is 5.56 Å². The second-order valence-electron chi connectivity index (χ2n) is 7.24. The van der Waals surface area contributed by atoms with Crippen molar-refractivity contribution in [1.82, 2.24) is 5.01 Å². The summed E-state index contributed by atoms with van der Waals surface area (Å²) in [6.07, 6.45) is 5.03. The normalized spacial score (nSPS) is 27.3. The highest BCUT2D eigenvalue weighted by Gasteiger charge is 2.64. The number of benzene rings is 2. The molecule has 7 heteroatoms. The average molecular weight is 389 g/mol. The number of hydrogen-bond donors (Lipinski definition) is 0. The number of allylic oxidation sites excluding steroid dienone is 1. The minimum absolute atomic E-state index is 0.176. The number of halogens is 1. The van der Waals surface area contributed by atoms with Gasteiger partial charge in [0.25, 0.3) is 0 Å². The molecule has 0 unspecified atom stereocenters. The predicted octanol–water partition coefficient (Wildman–Crippen LogP) is 2.42. The van der Waals surface area contributed by atoms with Crippen molar-refractivity contribution in [2.45, 2.75) is 12.1 Å². The Kier molecular flexibility index (Phi) is 3.91. The zero-order valence-electron chi connectivity index (χ0n) is 15.2. The van der Waals surface area contributed by atoms with Crippen LogP contribution in [0.4, 0.5) is 10.1 Å². The number of nitrogens with zero attached hydrogens (tertiary/aromatic N) is 3. The van der Waals surface area contributed by atoms with E-state index in [-0.39, 0.29) is 11.5 Å². The number of amides is 2. The van der Waals surface area contributed by atoms with Crippen molar-refractivity contribution in [3.8, 4) is 0 Å². The number of ketones is 1. The Morgan fingerprint density at radius 3 is 2.48 bits per heavy atom. The Morgan fingerprint density at radius 2 is 1.72 bits per heavy atom. The molecular weight excluding hydrogens is 373 g/mol. The van der Waals surface area contributed by atoms with Crippen LogP contribution in [-0.4, -0.2) is 40.9 Å². The van der Waals surface area contributed by atoms with E-state index >= 15 is 0 Å². The first-order valence-electron chi connectivity index (χ1n) is 9.29. The average Bonchev–Trinajstić information content (AvgIpc) is 3.21. The van der Waals surface area contributed by atoms with Gasteiger partial charge in [0.1, 0.15) is 11.9 Å². The van der Waals surface area contributed by atoms with Crippen molar-refractivity contribution in [1.29, 1.82) is 0 Å². The van der Waals surface area contributed by atoms with Crippen molar-refractivity contribution < 1.29 is 18.8 Å². The van der Waals surface area contributed by atoms with E-state index in [1.807, 2.05) is 0 Å². The monoisotopic (exact) mass is 389 g/mol. The van der Waals surface area contributed by atoms with Crippen molar-refractivity contribution in [3.05, 3.63) is 78.1 Å². The molecule has 6 nitrogen and oxygen atoms in total. The molecule has 29 heavy (non-hydrogen) atoms. The third-order valence-corrected chi connectivity index (χ3v) is 5.68. The molecule has 144 valence electrons. The number of hydrazone groups is 1. The fourth-order valence-electron chi connectivity index (χ4n) is 4.48. The van der Waals surface area contributed by atoms with Gasteiger partial charge in [0.2, 0.25) is 11.8 Å². The van der Waals surface area contributed by atoms with Gasteiger partial charge in [0.05, 0.1) is 23.6 Å². The largest absolute Gasteiger partial charge is 0.292 e. The topological polar surface area (TPSA) is 70.0 Å². The van der Waals surface area contributed by atoms with Gasteiger partial charge in [0, 0.05) is 11.8 Å². The summed E-state index contributed by atoms with van der Waals surface area (Å²) in [5.41, 5.74) is 0.626. The molecule has 3 aliphatic heterocycles. The maximum Gasteiger partial charge on any atom is 0.240 e. The summed E-state index contributed by atoms with van der Waals surface area (Å²) in [6, 6.07) is 12.6. The zero-order valence-corrected chi connectivity index (χ0v) is 15.2. The summed E-state index contributed by atoms with van der Waals surface area (Å²) in [4.78, 5) is 40.9. The number of imide groups is 1. The molecule has 2 aromatic rings. The van der Waals surface area contributed by atoms with Gasteiger partial charge in [-0.2, -0.15) is 5.10 Å². The lowest BCUT2D eigenvalue weighted by molar-refractivity contribution is -0.123. The van der Waals surface area contributed by atoms with E-state index in [0.717, 1.165) is 11.0 Å². The summed E-state index contributed by atoms with van der Waals surface area (Å²) < 4.78 is 13.7. The zero-order chi connectivity index (χ0) is 20.1. The van der Waals surface area contributed by atoms with Gasteiger partial charge in [-0.25, -0.2) is 9.29 Å². The van der Waals surface area contributed by atoms with E-state index in [1.54, 1.807) is 53.7 Å². The molecule has 0 bridgehead atoms. The predicted molar refractivity (Wildman–Crippen MR) is 104 cm³/mol. The molecule has 3 heterocycles. The second-order valence-corrected chi connectivity index (χ2v) is 7.24. The van der Waals surface area contributed by atoms with Crippen LogP contribution in [-0.2, 0) is 9.59 Å². The van der Waals surface area contributed by atoms with E-state index < -0.39 is 41.6 Å². The van der Waals surface area contributed by atoms with Crippen LogP contribution >= 0.6 is 0 Å². The van der Waals surface area contributed by atoms with Crippen LogP contribution in [0, 0.1) is 17.7 Å². The molecule has 0 spiro atoms. The summed E-state index contributed by atoms with van der Waals surface area (Å²) in [7, 11) is 0. The lowest BCUT2D eigenvalue weighted by Crippen LogP contribution is -2.46. The second kappa shape index (κ2) is 6.48. The molecule has 2 amide bonds. The first-order valence-corrected chi connectivity index (χ1v) is 9.29. The summed E-state index contributed by atoms with van der Waals surface area (Å²) in [6.45, 7) is 0. The van der Waals surface area contributed by atoms with Gasteiger partial charge in [-0.1, -0.05) is 42.5 Å². The number of carbonyl (C=O) groups excluding carboxylic acids is 3. The lowest BCUT2D eigenvalue weighted by Gasteiger charge is -2.30. The number of carbonyl (C=O) groups is 3. The van der Waals surface area contributed by atoms with Crippen LogP contribution < -0.4 is 4.90 Å². The van der Waals surface area contributed by atoms with Crippen LogP contribution in [0.1, 0.15) is 10.4 Å². The van der Waals surface area contributed by atoms with Crippen LogP contribution in [0.25, 0.3) is 0 Å². The molecule has 0 N–H and O–H groups in total. The standard InChI is InChI=1S/C22H16FN3O3/c23-14-8-4-9-15(12-14)25-21(28)17-16-10-5-11-24-26(16)19(18(17)22(25)29)20(27)13-6-2-1-3-7-13/h1-12,16-19H/t16-,17+,18+,19-/m0/s1. The fourth-order valence-corrected chi connectivity index (χ4v) is 4.48. The fraction of sp³-hybridized carbons (Fsp3) is 0.182. The van der Waals surface area contributed by atoms with E-state index in [2.05, 4.69) is 5.10 Å². The molecule has 5 rings (SSSR count). The maximum atomic E-state index is 13.7. The van der Waals surface area contributed by atoms with Crippen molar-refractivity contribution in [3.63, 3.8) is 0 Å². The Morgan fingerprint density at radius 1 is 0.966 bits per heavy atom. The molecule has 0 radical (unpaired) electrons. The Hall–Kier alpha value is -3.61. The Bertz CT molecular complexity index is 1080. The minimum atomic E-state index is -0.899. The van der Waals surface area contributed by atoms with E-state index in [4.69, 9.17) is 0 Å². The number of rotatable bonds is 3. The summed E-state index contributed by atoms with van der Waals surface area (Å²) in [5, 5.41) is 5.86. The highest BCUT2D eigenvalue weighted by molar-refractivity contribution is 6.24. The number of anilines is 1. The van der Waals surface area contributed by atoms with Crippen LogP contribution in [0.15, 0.2) is 71.9 Å². The third-order valence-electron chi connectivity index (χ3n) is 5.68. The highest BCUT2D eigenvalue weighted by atomic mass is 19.1. The molecule has 0 aliphatic carbocycles. The molecule has 2 fully saturated rings. The highest BCUT2D eigenvalue weighted by Crippen LogP contribution is 2.46. The molecule has 0 saturated carbocycles. The molecule has 2 saturated heterocycles. The quantitative estimate of drug-likeness (QED) is 0.597. The number of fused-ring (bicyclic) bond motifs is 3. The van der Waals surface area contributed by atoms with Gasteiger partial charge in [-0.3, -0.25) is 19.4 Å². The SMILES string of the molecule is O=C(c1ccccc1)[C@@H]1[C@@H]2C(=O)N(c3cccc(F)c3)C(=O)[C@@H]2[C@@H]2C=CC=NN12. The van der Waals surface area contributed by atoms with Crippen molar-refractivity contribution in [2.24, 2.45) is 16.9 Å². The molecule has 0 aromatic heterocycles. The summed E-state index contributed by atoms with van der Waals surface area (Å²) >= 11 is 0. The van der Waals surface area contributed by atoms with Crippen molar-refractivity contribution >= 4 is 29.5 Å². The van der Waals surface area contributed by atoms with E-state index in [9.17, 15) is 18.8 Å². The Balaban J connectivity index is 1.59. The molecule has 3 aliphatic rings. The van der Waals surface area contributed by atoms with Gasteiger partial charge in [-0.05, 0) is 24.3 Å². The number of hydrogen-bond acceptors (Lipinski definition) is 5. The van der Waals surface area contributed by atoms with Crippen LogP contribution in [0.5, 0.6) is 0 Å². The van der Waals surface area contributed by atoms with Crippen LogP contribution in [0.2, 0.25) is 0 Å². The first kappa shape index (κ1) is 17.5. The summed E-state index contributed by atoms with van der Waals surface area (Å²) in [5.74, 6) is -3.39. The maximum absolute atomic E-state index is 13.7. The van der Waals surface area contributed by atoms with Crippen molar-refractivity contribution in [2.75, 3.05) is 4.90 Å². The molecule has 2 aromatic carbocycles. The lowest BCUT2D eigenvalue weighted by atomic mass is 9.86. The minimum Gasteiger partial charge on any atom is -0.292 e. The molecule has 4 atom stereocenters. The van der Waals surface area contributed by atoms with Gasteiger partial charge >= 0.3 is 0 Å². The third kappa shape index (κ3) is 2.54. The number of Topliss-reactive ketones (excluding diaryl/α,β-unsaturated/α-hetero) is 1. The molecular formula is C22H16FN3O3. The first-order chi connectivity index (χ1) is 14.1. The van der Waals surface area contributed by atoms with Gasteiger partial charge in [0.15, 0.2) is 5.78 Å². The van der Waals surface area contributed by atoms with E-state index in [1.165, 1.54) is 18.2 Å².